The Morgan fingerprint density at radius 3 is 2.70 bits per heavy atom. The van der Waals surface area contributed by atoms with Crippen LogP contribution in [0.1, 0.15) is 25.3 Å². The minimum atomic E-state index is -0.0752. The molecule has 20 heavy (non-hydrogen) atoms. The lowest BCUT2D eigenvalue weighted by atomic mass is 10.2. The van der Waals surface area contributed by atoms with Crippen LogP contribution in [0.4, 0.5) is 5.69 Å². The molecule has 1 saturated carbocycles. The molecule has 4 nitrogen and oxygen atoms in total. The van der Waals surface area contributed by atoms with Crippen LogP contribution in [0.2, 0.25) is 0 Å². The predicted molar refractivity (Wildman–Crippen MR) is 87.4 cm³/mol. The number of aryl methyl sites for hydroxylation is 1. The summed E-state index contributed by atoms with van der Waals surface area (Å²) >= 11 is 2.24. The van der Waals surface area contributed by atoms with Gasteiger partial charge in [-0.25, -0.2) is 0 Å². The second-order valence-electron chi connectivity index (χ2n) is 5.37. The highest BCUT2D eigenvalue weighted by molar-refractivity contribution is 14.1. The van der Waals surface area contributed by atoms with Crippen molar-refractivity contribution in [1.29, 1.82) is 0 Å². The van der Waals surface area contributed by atoms with Gasteiger partial charge < -0.3 is 10.6 Å². The minimum Gasteiger partial charge on any atom is -0.355 e. The van der Waals surface area contributed by atoms with Crippen molar-refractivity contribution in [3.8, 4) is 0 Å². The Morgan fingerprint density at radius 1 is 1.40 bits per heavy atom. The zero-order valence-corrected chi connectivity index (χ0v) is 13.9. The van der Waals surface area contributed by atoms with Crippen LogP contribution in [0.5, 0.6) is 0 Å². The summed E-state index contributed by atoms with van der Waals surface area (Å²) in [6, 6.07) is 5.81. The molecule has 5 heteroatoms. The molecule has 0 aromatic heterocycles. The van der Waals surface area contributed by atoms with E-state index in [4.69, 9.17) is 0 Å². The number of carbonyl (C=O) groups is 2. The standard InChI is InChI=1S/C15H19IN2O2/c1-9-3-4-11(8-13(9)16)18-14(19)5-6-17-15(20)12-7-10(12)2/h3-4,8,10,12H,5-7H2,1-2H3,(H,17,20)(H,18,19)/t10-,12+/m0/s1. The number of amides is 2. The summed E-state index contributed by atoms with van der Waals surface area (Å²) in [5, 5.41) is 5.65. The molecular formula is C15H19IN2O2. The molecule has 2 N–H and O–H groups in total. The van der Waals surface area contributed by atoms with Gasteiger partial charge in [0, 0.05) is 28.1 Å². The number of hydrogen-bond donors (Lipinski definition) is 2. The molecule has 1 aromatic carbocycles. The number of hydrogen-bond acceptors (Lipinski definition) is 2. The van der Waals surface area contributed by atoms with E-state index in [2.05, 4.69) is 40.1 Å². The molecular weight excluding hydrogens is 367 g/mol. The fourth-order valence-electron chi connectivity index (χ4n) is 2.01. The third kappa shape index (κ3) is 4.19. The van der Waals surface area contributed by atoms with Crippen LogP contribution in [-0.4, -0.2) is 18.4 Å². The molecule has 0 radical (unpaired) electrons. The van der Waals surface area contributed by atoms with Gasteiger partial charge in [-0.3, -0.25) is 9.59 Å². The van der Waals surface area contributed by atoms with Crippen molar-refractivity contribution in [3.05, 3.63) is 27.3 Å². The minimum absolute atomic E-state index is 0.0752. The molecule has 2 rings (SSSR count). The Morgan fingerprint density at radius 2 is 2.10 bits per heavy atom. The van der Waals surface area contributed by atoms with Gasteiger partial charge in [-0.2, -0.15) is 0 Å². The van der Waals surface area contributed by atoms with E-state index in [0.29, 0.717) is 18.9 Å². The first kappa shape index (κ1) is 15.3. The Labute approximate surface area is 132 Å². The van der Waals surface area contributed by atoms with Crippen molar-refractivity contribution in [2.45, 2.75) is 26.7 Å². The highest BCUT2D eigenvalue weighted by Crippen LogP contribution is 2.37. The van der Waals surface area contributed by atoms with E-state index in [1.54, 1.807) is 0 Å². The Kier molecular flexibility index (Phi) is 5.01. The maximum absolute atomic E-state index is 11.8. The van der Waals surface area contributed by atoms with E-state index in [1.165, 1.54) is 5.56 Å². The summed E-state index contributed by atoms with van der Waals surface area (Å²) in [6.07, 6.45) is 1.27. The fourth-order valence-corrected chi connectivity index (χ4v) is 2.53. The molecule has 0 aliphatic heterocycles. The summed E-state index contributed by atoms with van der Waals surface area (Å²) in [7, 11) is 0. The Bertz CT molecular complexity index is 531. The molecule has 1 fully saturated rings. The average Bonchev–Trinajstić information content (AvgIpc) is 3.11. The number of rotatable bonds is 5. The number of benzene rings is 1. The van der Waals surface area contributed by atoms with Crippen molar-refractivity contribution in [2.24, 2.45) is 11.8 Å². The predicted octanol–water partition coefficient (Wildman–Crippen LogP) is 2.70. The third-order valence-corrected chi connectivity index (χ3v) is 4.72. The van der Waals surface area contributed by atoms with E-state index in [-0.39, 0.29) is 17.7 Å². The molecule has 1 aliphatic rings. The van der Waals surface area contributed by atoms with Crippen LogP contribution in [-0.2, 0) is 9.59 Å². The fraction of sp³-hybridized carbons (Fsp3) is 0.467. The smallest absolute Gasteiger partial charge is 0.226 e. The number of carbonyl (C=O) groups excluding carboxylic acids is 2. The van der Waals surface area contributed by atoms with Gasteiger partial charge in [0.15, 0.2) is 0 Å². The molecule has 1 aliphatic carbocycles. The zero-order chi connectivity index (χ0) is 14.7. The van der Waals surface area contributed by atoms with Gasteiger partial charge in [-0.15, -0.1) is 0 Å². The van der Waals surface area contributed by atoms with Crippen LogP contribution in [0, 0.1) is 22.3 Å². The van der Waals surface area contributed by atoms with Gasteiger partial charge in [-0.1, -0.05) is 13.0 Å². The van der Waals surface area contributed by atoms with Gasteiger partial charge in [0.05, 0.1) is 0 Å². The van der Waals surface area contributed by atoms with Crippen LogP contribution in [0.15, 0.2) is 18.2 Å². The summed E-state index contributed by atoms with van der Waals surface area (Å²) in [5.74, 6) is 0.666. The lowest BCUT2D eigenvalue weighted by molar-refractivity contribution is -0.122. The number of anilines is 1. The second kappa shape index (κ2) is 6.56. The quantitative estimate of drug-likeness (QED) is 0.765. The number of halogens is 1. The maximum Gasteiger partial charge on any atom is 0.226 e. The van der Waals surface area contributed by atoms with E-state index in [0.717, 1.165) is 15.7 Å². The van der Waals surface area contributed by atoms with Crippen molar-refractivity contribution >= 4 is 40.1 Å². The van der Waals surface area contributed by atoms with E-state index >= 15 is 0 Å². The summed E-state index contributed by atoms with van der Waals surface area (Å²) in [6.45, 7) is 4.49. The molecule has 0 heterocycles. The van der Waals surface area contributed by atoms with Crippen LogP contribution < -0.4 is 10.6 Å². The topological polar surface area (TPSA) is 58.2 Å². The monoisotopic (exact) mass is 386 g/mol. The number of nitrogens with one attached hydrogen (secondary N) is 2. The first-order valence-corrected chi connectivity index (χ1v) is 7.89. The molecule has 0 spiro atoms. The van der Waals surface area contributed by atoms with Crippen LogP contribution in [0.3, 0.4) is 0 Å². The van der Waals surface area contributed by atoms with E-state index in [1.807, 2.05) is 25.1 Å². The van der Waals surface area contributed by atoms with Crippen LogP contribution in [0.25, 0.3) is 0 Å². The van der Waals surface area contributed by atoms with Gasteiger partial charge in [0.2, 0.25) is 11.8 Å². The summed E-state index contributed by atoms with van der Waals surface area (Å²) in [5.41, 5.74) is 1.99. The highest BCUT2D eigenvalue weighted by Gasteiger charge is 2.38. The Balaban J connectivity index is 1.72. The molecule has 1 aromatic rings. The molecule has 0 unspecified atom stereocenters. The molecule has 108 valence electrons. The summed E-state index contributed by atoms with van der Waals surface area (Å²) < 4.78 is 1.12. The Hall–Kier alpha value is -1.11. The lowest BCUT2D eigenvalue weighted by Gasteiger charge is -2.08. The van der Waals surface area contributed by atoms with Gasteiger partial charge in [0.25, 0.3) is 0 Å². The van der Waals surface area contributed by atoms with Gasteiger partial charge in [0.1, 0.15) is 0 Å². The maximum atomic E-state index is 11.8. The first-order chi connectivity index (χ1) is 9.47. The van der Waals surface area contributed by atoms with Gasteiger partial charge in [-0.05, 0) is 59.5 Å². The molecule has 2 atom stereocenters. The van der Waals surface area contributed by atoms with Crippen molar-refractivity contribution < 1.29 is 9.59 Å². The first-order valence-electron chi connectivity index (χ1n) is 6.81. The van der Waals surface area contributed by atoms with Gasteiger partial charge >= 0.3 is 0 Å². The molecule has 0 bridgehead atoms. The van der Waals surface area contributed by atoms with Crippen molar-refractivity contribution in [2.75, 3.05) is 11.9 Å². The third-order valence-electron chi connectivity index (χ3n) is 3.55. The van der Waals surface area contributed by atoms with E-state index in [9.17, 15) is 9.59 Å². The normalized spacial score (nSPS) is 20.4. The zero-order valence-electron chi connectivity index (χ0n) is 11.7. The summed E-state index contributed by atoms with van der Waals surface area (Å²) in [4.78, 5) is 23.4. The highest BCUT2D eigenvalue weighted by atomic mass is 127. The second-order valence-corrected chi connectivity index (χ2v) is 6.53. The van der Waals surface area contributed by atoms with E-state index < -0.39 is 0 Å². The molecule has 2 amide bonds. The van der Waals surface area contributed by atoms with Crippen LogP contribution >= 0.6 is 22.6 Å². The average molecular weight is 386 g/mol. The molecule has 0 saturated heterocycles. The SMILES string of the molecule is Cc1ccc(NC(=O)CCNC(=O)[C@@H]2C[C@@H]2C)cc1I. The van der Waals surface area contributed by atoms with Crippen molar-refractivity contribution in [1.82, 2.24) is 5.32 Å². The largest absolute Gasteiger partial charge is 0.355 e. The lowest BCUT2D eigenvalue weighted by Crippen LogP contribution is -2.29. The van der Waals surface area contributed by atoms with Crippen molar-refractivity contribution in [3.63, 3.8) is 0 Å².